The Morgan fingerprint density at radius 1 is 1.06 bits per heavy atom. The standard InChI is InChI=1S/C23H35N3O4S2/c1-31-17-14-21(25-32(29,30)20-10-6-3-7-11-20)22(27)24-19-12-15-26(16-13-19)23(28)18-8-4-2-5-9-18/h3,6-7,10-11,18-19,21,25H,2,4-5,8-9,12-17H2,1H3,(H,24,27). The van der Waals surface area contributed by atoms with E-state index in [0.29, 0.717) is 38.1 Å². The lowest BCUT2D eigenvalue weighted by atomic mass is 9.87. The van der Waals surface area contributed by atoms with Gasteiger partial charge in [0, 0.05) is 25.0 Å². The third kappa shape index (κ3) is 6.96. The van der Waals surface area contributed by atoms with Crippen LogP contribution < -0.4 is 10.0 Å². The quantitative estimate of drug-likeness (QED) is 0.566. The minimum absolute atomic E-state index is 0.0454. The van der Waals surface area contributed by atoms with Crippen molar-refractivity contribution in [2.24, 2.45) is 5.92 Å². The maximum atomic E-state index is 13.0. The van der Waals surface area contributed by atoms with E-state index >= 15 is 0 Å². The van der Waals surface area contributed by atoms with Crippen LogP contribution in [0, 0.1) is 5.92 Å². The van der Waals surface area contributed by atoms with Crippen molar-refractivity contribution in [1.82, 2.24) is 14.9 Å². The van der Waals surface area contributed by atoms with Gasteiger partial charge in [0.25, 0.3) is 0 Å². The zero-order valence-corrected chi connectivity index (χ0v) is 20.4. The van der Waals surface area contributed by atoms with Crippen molar-refractivity contribution in [3.63, 3.8) is 0 Å². The van der Waals surface area contributed by atoms with Crippen LogP contribution >= 0.6 is 11.8 Å². The van der Waals surface area contributed by atoms with Crippen molar-refractivity contribution >= 4 is 33.6 Å². The molecule has 9 heteroatoms. The average Bonchev–Trinajstić information content (AvgIpc) is 2.83. The zero-order chi connectivity index (χ0) is 23.0. The van der Waals surface area contributed by atoms with Crippen LogP contribution in [0.15, 0.2) is 35.2 Å². The van der Waals surface area contributed by atoms with Gasteiger partial charge >= 0.3 is 0 Å². The van der Waals surface area contributed by atoms with Gasteiger partial charge in [-0.3, -0.25) is 9.59 Å². The molecule has 0 spiro atoms. The lowest BCUT2D eigenvalue weighted by molar-refractivity contribution is -0.137. The van der Waals surface area contributed by atoms with Gasteiger partial charge in [-0.15, -0.1) is 0 Å². The number of benzene rings is 1. The van der Waals surface area contributed by atoms with Crippen LogP contribution in [0.3, 0.4) is 0 Å². The van der Waals surface area contributed by atoms with Crippen LogP contribution in [0.5, 0.6) is 0 Å². The Labute approximate surface area is 196 Å². The molecule has 1 saturated carbocycles. The predicted octanol–water partition coefficient (Wildman–Crippen LogP) is 2.77. The van der Waals surface area contributed by atoms with Crippen LogP contribution in [-0.2, 0) is 19.6 Å². The largest absolute Gasteiger partial charge is 0.352 e. The van der Waals surface area contributed by atoms with E-state index in [-0.39, 0.29) is 28.7 Å². The molecule has 1 aromatic carbocycles. The molecule has 1 heterocycles. The number of carbonyl (C=O) groups excluding carboxylic acids is 2. The first-order chi connectivity index (χ1) is 15.4. The summed E-state index contributed by atoms with van der Waals surface area (Å²) in [4.78, 5) is 27.8. The summed E-state index contributed by atoms with van der Waals surface area (Å²) in [6.07, 6.45) is 9.23. The fourth-order valence-corrected chi connectivity index (χ4v) is 6.21. The number of hydrogen-bond acceptors (Lipinski definition) is 5. The van der Waals surface area contributed by atoms with Crippen molar-refractivity contribution in [2.75, 3.05) is 25.1 Å². The number of sulfonamides is 1. The monoisotopic (exact) mass is 481 g/mol. The zero-order valence-electron chi connectivity index (χ0n) is 18.8. The number of nitrogens with zero attached hydrogens (tertiary/aromatic N) is 1. The SMILES string of the molecule is CSCCC(NS(=O)(=O)c1ccccc1)C(=O)NC1CCN(C(=O)C2CCCCC2)CC1. The summed E-state index contributed by atoms with van der Waals surface area (Å²) in [5, 5.41) is 3.03. The highest BCUT2D eigenvalue weighted by Crippen LogP contribution is 2.26. The molecule has 2 aliphatic rings. The number of likely N-dealkylation sites (tertiary alicyclic amines) is 1. The van der Waals surface area contributed by atoms with Gasteiger partial charge < -0.3 is 10.2 Å². The minimum atomic E-state index is -3.78. The molecule has 1 aromatic rings. The Hall–Kier alpha value is -1.58. The Morgan fingerprint density at radius 2 is 1.72 bits per heavy atom. The van der Waals surface area contributed by atoms with Gasteiger partial charge in [0.05, 0.1) is 4.90 Å². The second-order valence-corrected chi connectivity index (χ2v) is 11.4. The number of thioether (sulfide) groups is 1. The summed E-state index contributed by atoms with van der Waals surface area (Å²) in [7, 11) is -3.78. The Bertz CT molecular complexity index is 849. The number of nitrogens with one attached hydrogen (secondary N) is 2. The highest BCUT2D eigenvalue weighted by molar-refractivity contribution is 7.98. The summed E-state index contributed by atoms with van der Waals surface area (Å²) < 4.78 is 28.0. The molecule has 2 N–H and O–H groups in total. The van der Waals surface area contributed by atoms with E-state index in [0.717, 1.165) is 25.7 Å². The Kier molecular flexibility index (Phi) is 9.43. The third-order valence-electron chi connectivity index (χ3n) is 6.39. The molecule has 0 bridgehead atoms. The van der Waals surface area contributed by atoms with Crippen molar-refractivity contribution in [2.45, 2.75) is 68.3 Å². The number of amides is 2. The first kappa shape index (κ1) is 25.1. The molecule has 2 amide bonds. The molecule has 1 aliphatic carbocycles. The summed E-state index contributed by atoms with van der Waals surface area (Å²) in [5.74, 6) is 0.806. The number of hydrogen-bond donors (Lipinski definition) is 2. The Morgan fingerprint density at radius 3 is 2.34 bits per heavy atom. The van der Waals surface area contributed by atoms with E-state index in [1.165, 1.54) is 18.6 Å². The molecule has 0 aromatic heterocycles. The van der Waals surface area contributed by atoms with Gasteiger partial charge in [-0.1, -0.05) is 37.5 Å². The highest BCUT2D eigenvalue weighted by atomic mass is 32.2. The molecule has 1 unspecified atom stereocenters. The van der Waals surface area contributed by atoms with E-state index in [9.17, 15) is 18.0 Å². The van der Waals surface area contributed by atoms with Crippen LogP contribution in [0.2, 0.25) is 0 Å². The van der Waals surface area contributed by atoms with Crippen molar-refractivity contribution < 1.29 is 18.0 Å². The average molecular weight is 482 g/mol. The van der Waals surface area contributed by atoms with Crippen LogP contribution in [0.4, 0.5) is 0 Å². The molecule has 1 atom stereocenters. The molecule has 178 valence electrons. The van der Waals surface area contributed by atoms with Gasteiger partial charge in [0.2, 0.25) is 21.8 Å². The van der Waals surface area contributed by atoms with Crippen molar-refractivity contribution in [1.29, 1.82) is 0 Å². The van der Waals surface area contributed by atoms with Crippen LogP contribution in [-0.4, -0.2) is 62.3 Å². The summed E-state index contributed by atoms with van der Waals surface area (Å²) in [6.45, 7) is 1.29. The summed E-state index contributed by atoms with van der Waals surface area (Å²) >= 11 is 1.57. The fraction of sp³-hybridized carbons (Fsp3) is 0.652. The Balaban J connectivity index is 1.54. The van der Waals surface area contributed by atoms with E-state index in [4.69, 9.17) is 0 Å². The topological polar surface area (TPSA) is 95.6 Å². The van der Waals surface area contributed by atoms with Gasteiger partial charge in [-0.2, -0.15) is 16.5 Å². The third-order valence-corrected chi connectivity index (χ3v) is 8.52. The highest BCUT2D eigenvalue weighted by Gasteiger charge is 2.31. The van der Waals surface area contributed by atoms with E-state index in [1.54, 1.807) is 30.0 Å². The maximum absolute atomic E-state index is 13.0. The van der Waals surface area contributed by atoms with E-state index < -0.39 is 16.1 Å². The van der Waals surface area contributed by atoms with Gasteiger partial charge in [0.1, 0.15) is 6.04 Å². The van der Waals surface area contributed by atoms with Gasteiger partial charge in [-0.05, 0) is 56.2 Å². The number of carbonyl (C=O) groups is 2. The van der Waals surface area contributed by atoms with Crippen LogP contribution in [0.1, 0.15) is 51.4 Å². The molecule has 32 heavy (non-hydrogen) atoms. The fourth-order valence-electron chi connectivity index (χ4n) is 4.49. The van der Waals surface area contributed by atoms with E-state index in [1.807, 2.05) is 11.2 Å². The molecule has 3 rings (SSSR count). The lowest BCUT2D eigenvalue weighted by Crippen LogP contribution is -2.53. The normalized spacial score (nSPS) is 19.5. The van der Waals surface area contributed by atoms with Crippen LogP contribution in [0.25, 0.3) is 0 Å². The lowest BCUT2D eigenvalue weighted by Gasteiger charge is -2.36. The summed E-state index contributed by atoms with van der Waals surface area (Å²) in [5.41, 5.74) is 0. The molecular weight excluding hydrogens is 446 g/mol. The smallest absolute Gasteiger partial charge is 0.241 e. The van der Waals surface area contributed by atoms with Crippen molar-refractivity contribution in [3.05, 3.63) is 30.3 Å². The van der Waals surface area contributed by atoms with Gasteiger partial charge in [-0.25, -0.2) is 8.42 Å². The minimum Gasteiger partial charge on any atom is -0.352 e. The molecule has 0 radical (unpaired) electrons. The number of rotatable bonds is 9. The first-order valence-corrected chi connectivity index (χ1v) is 14.4. The van der Waals surface area contributed by atoms with Crippen molar-refractivity contribution in [3.8, 4) is 0 Å². The summed E-state index contributed by atoms with van der Waals surface area (Å²) in [6, 6.07) is 7.24. The van der Waals surface area contributed by atoms with Gasteiger partial charge in [0.15, 0.2) is 0 Å². The molecule has 1 saturated heterocycles. The molecule has 2 fully saturated rings. The molecular formula is C23H35N3O4S2. The molecule has 1 aliphatic heterocycles. The van der Waals surface area contributed by atoms with E-state index in [2.05, 4.69) is 10.0 Å². The molecule has 7 nitrogen and oxygen atoms in total. The first-order valence-electron chi connectivity index (χ1n) is 11.6. The number of piperidine rings is 1. The second kappa shape index (κ2) is 12.0. The second-order valence-electron chi connectivity index (χ2n) is 8.71. The predicted molar refractivity (Wildman–Crippen MR) is 128 cm³/mol. The maximum Gasteiger partial charge on any atom is 0.241 e.